The van der Waals surface area contributed by atoms with E-state index in [2.05, 4.69) is 15.9 Å². The molecule has 162 valence electrons. The number of rotatable bonds is 4. The Labute approximate surface area is 198 Å². The molecule has 6 nitrogen and oxygen atoms in total. The van der Waals surface area contributed by atoms with E-state index in [1.807, 2.05) is 42.7 Å². The number of aryl methyl sites for hydroxylation is 1. The van der Waals surface area contributed by atoms with E-state index in [0.29, 0.717) is 23.0 Å². The first-order valence-electron chi connectivity index (χ1n) is 9.94. The summed E-state index contributed by atoms with van der Waals surface area (Å²) in [6.07, 6.45) is 3.66. The Morgan fingerprint density at radius 2 is 1.90 bits per heavy atom. The molecule has 31 heavy (non-hydrogen) atoms. The topological polar surface area (TPSA) is 62.6 Å². The molecule has 3 heterocycles. The number of hydrogen-bond acceptors (Lipinski definition) is 4. The summed E-state index contributed by atoms with van der Waals surface area (Å²) in [5.41, 5.74) is 3.65. The third-order valence-electron chi connectivity index (χ3n) is 5.54. The molecule has 0 radical (unpaired) electrons. The highest BCUT2D eigenvalue weighted by molar-refractivity contribution is 9.10. The van der Waals surface area contributed by atoms with Gasteiger partial charge in [-0.2, -0.15) is 0 Å². The van der Waals surface area contributed by atoms with Crippen molar-refractivity contribution < 1.29 is 14.4 Å². The van der Waals surface area contributed by atoms with Crippen LogP contribution in [0.1, 0.15) is 29.8 Å². The van der Waals surface area contributed by atoms with Gasteiger partial charge in [0.05, 0.1) is 9.93 Å². The summed E-state index contributed by atoms with van der Waals surface area (Å²) in [4.78, 5) is 40.7. The maximum absolute atomic E-state index is 12.8. The van der Waals surface area contributed by atoms with Crippen molar-refractivity contribution in [3.05, 3.63) is 55.6 Å². The minimum absolute atomic E-state index is 0.175. The van der Waals surface area contributed by atoms with Gasteiger partial charge in [-0.1, -0.05) is 11.6 Å². The zero-order valence-electron chi connectivity index (χ0n) is 17.2. The number of likely N-dealkylation sites (tertiary alicyclic amines) is 1. The summed E-state index contributed by atoms with van der Waals surface area (Å²) >= 11 is 10.5. The number of nitrogens with zero attached hydrogens (tertiary/aromatic N) is 3. The third kappa shape index (κ3) is 4.33. The Kier molecular flexibility index (Phi) is 6.32. The Bertz CT molecular complexity index is 1120. The number of carbonyl (C=O) groups excluding carboxylic acids is 3. The van der Waals surface area contributed by atoms with Crippen molar-refractivity contribution >= 4 is 62.4 Å². The largest absolute Gasteiger partial charge is 0.341 e. The van der Waals surface area contributed by atoms with Crippen molar-refractivity contribution in [2.45, 2.75) is 26.7 Å². The fourth-order valence-corrected chi connectivity index (χ4v) is 5.19. The molecule has 4 rings (SSSR count). The van der Waals surface area contributed by atoms with Gasteiger partial charge in [-0.3, -0.25) is 19.3 Å². The molecule has 0 N–H and O–H groups in total. The number of amides is 3. The van der Waals surface area contributed by atoms with Crippen LogP contribution in [0.5, 0.6) is 0 Å². The minimum Gasteiger partial charge on any atom is -0.341 e. The predicted octanol–water partition coefficient (Wildman–Crippen LogP) is 5.17. The lowest BCUT2D eigenvalue weighted by molar-refractivity contribution is -0.135. The molecule has 1 aromatic carbocycles. The van der Waals surface area contributed by atoms with Crippen molar-refractivity contribution in [3.63, 3.8) is 0 Å². The molecule has 2 aromatic rings. The molecule has 2 saturated heterocycles. The van der Waals surface area contributed by atoms with Crippen molar-refractivity contribution in [1.29, 1.82) is 0 Å². The lowest BCUT2D eigenvalue weighted by atomic mass is 10.2. The Balaban J connectivity index is 1.59. The van der Waals surface area contributed by atoms with Crippen LogP contribution in [0.2, 0.25) is 5.02 Å². The van der Waals surface area contributed by atoms with E-state index in [0.717, 1.165) is 56.6 Å². The van der Waals surface area contributed by atoms with Crippen LogP contribution in [0.3, 0.4) is 0 Å². The van der Waals surface area contributed by atoms with E-state index in [4.69, 9.17) is 11.6 Å². The summed E-state index contributed by atoms with van der Waals surface area (Å²) in [5, 5.41) is 0.202. The minimum atomic E-state index is -0.418. The van der Waals surface area contributed by atoms with E-state index in [1.165, 1.54) is 0 Å². The first-order valence-corrected chi connectivity index (χ1v) is 11.9. The SMILES string of the molecule is Cc1cc(/C=C2/SC(=O)N(CC(=O)N3CCCC3)C2=O)c(C)n1-c1ccc(Br)c(Cl)c1. The van der Waals surface area contributed by atoms with Crippen LogP contribution in [0.25, 0.3) is 11.8 Å². The molecule has 1 aromatic heterocycles. The molecule has 0 spiro atoms. The Morgan fingerprint density at radius 3 is 2.58 bits per heavy atom. The first kappa shape index (κ1) is 22.2. The summed E-state index contributed by atoms with van der Waals surface area (Å²) in [5.74, 6) is -0.592. The average Bonchev–Trinajstić information content (AvgIpc) is 3.41. The van der Waals surface area contributed by atoms with Gasteiger partial charge in [-0.15, -0.1) is 0 Å². The van der Waals surface area contributed by atoms with Crippen LogP contribution in [0.15, 0.2) is 33.6 Å². The zero-order valence-corrected chi connectivity index (χ0v) is 20.3. The fraction of sp³-hybridized carbons (Fsp3) is 0.318. The van der Waals surface area contributed by atoms with Gasteiger partial charge >= 0.3 is 0 Å². The van der Waals surface area contributed by atoms with Crippen molar-refractivity contribution in [1.82, 2.24) is 14.4 Å². The van der Waals surface area contributed by atoms with Crippen LogP contribution in [0, 0.1) is 13.8 Å². The second-order valence-electron chi connectivity index (χ2n) is 7.62. The van der Waals surface area contributed by atoms with Crippen LogP contribution < -0.4 is 0 Å². The molecular formula is C22H21BrClN3O3S. The monoisotopic (exact) mass is 521 g/mol. The first-order chi connectivity index (χ1) is 14.8. The van der Waals surface area contributed by atoms with Gasteiger partial charge in [0.2, 0.25) is 5.91 Å². The summed E-state index contributed by atoms with van der Waals surface area (Å²) in [6, 6.07) is 7.68. The van der Waals surface area contributed by atoms with E-state index >= 15 is 0 Å². The van der Waals surface area contributed by atoms with Gasteiger partial charge in [-0.05, 0) is 90.3 Å². The molecule has 0 bridgehead atoms. The maximum Gasteiger partial charge on any atom is 0.294 e. The number of hydrogen-bond donors (Lipinski definition) is 0. The number of thioether (sulfide) groups is 1. The highest BCUT2D eigenvalue weighted by Crippen LogP contribution is 2.34. The maximum atomic E-state index is 12.8. The molecule has 3 amide bonds. The summed E-state index contributed by atoms with van der Waals surface area (Å²) in [7, 11) is 0. The molecule has 0 atom stereocenters. The normalized spacial score (nSPS) is 18.0. The van der Waals surface area contributed by atoms with Crippen LogP contribution in [-0.2, 0) is 9.59 Å². The molecular weight excluding hydrogens is 502 g/mol. The lowest BCUT2D eigenvalue weighted by Gasteiger charge is -2.18. The van der Waals surface area contributed by atoms with Crippen molar-refractivity contribution in [2.24, 2.45) is 0 Å². The number of benzene rings is 1. The Hall–Kier alpha value is -2.03. The summed E-state index contributed by atoms with van der Waals surface area (Å²) < 4.78 is 2.86. The standard InChI is InChI=1S/C22H21BrClN3O3S/c1-13-9-15(14(2)27(13)16-5-6-17(23)18(24)11-16)10-19-21(29)26(22(30)31-19)12-20(28)25-7-3-4-8-25/h5-6,9-11H,3-4,7-8,12H2,1-2H3/b19-10+. The average molecular weight is 523 g/mol. The number of aromatic nitrogens is 1. The van der Waals surface area contributed by atoms with Crippen molar-refractivity contribution in [3.8, 4) is 5.69 Å². The van der Waals surface area contributed by atoms with Gasteiger partial charge in [0.15, 0.2) is 0 Å². The van der Waals surface area contributed by atoms with Gasteiger partial charge in [0.1, 0.15) is 6.54 Å². The number of carbonyl (C=O) groups is 3. The van der Waals surface area contributed by atoms with E-state index in [-0.39, 0.29) is 12.5 Å². The van der Waals surface area contributed by atoms with Crippen LogP contribution in [0.4, 0.5) is 4.79 Å². The summed E-state index contributed by atoms with van der Waals surface area (Å²) in [6.45, 7) is 5.11. The number of halogens is 2. The molecule has 2 aliphatic heterocycles. The van der Waals surface area contributed by atoms with Crippen LogP contribution in [-0.4, -0.2) is 51.1 Å². The molecule has 0 unspecified atom stereocenters. The van der Waals surface area contributed by atoms with Gasteiger partial charge in [-0.25, -0.2) is 0 Å². The molecule has 0 saturated carbocycles. The molecule has 9 heteroatoms. The van der Waals surface area contributed by atoms with Gasteiger partial charge in [0, 0.05) is 34.6 Å². The molecule has 2 aliphatic rings. The zero-order chi connectivity index (χ0) is 22.3. The van der Waals surface area contributed by atoms with Crippen molar-refractivity contribution in [2.75, 3.05) is 19.6 Å². The Morgan fingerprint density at radius 1 is 1.19 bits per heavy atom. The van der Waals surface area contributed by atoms with Crippen LogP contribution >= 0.6 is 39.3 Å². The lowest BCUT2D eigenvalue weighted by Crippen LogP contribution is -2.40. The smallest absolute Gasteiger partial charge is 0.294 e. The quantitative estimate of drug-likeness (QED) is 0.520. The second-order valence-corrected chi connectivity index (χ2v) is 9.87. The van der Waals surface area contributed by atoms with Gasteiger partial charge < -0.3 is 9.47 Å². The van der Waals surface area contributed by atoms with E-state index in [9.17, 15) is 14.4 Å². The highest BCUT2D eigenvalue weighted by atomic mass is 79.9. The second kappa shape index (κ2) is 8.84. The van der Waals surface area contributed by atoms with E-state index in [1.54, 1.807) is 11.0 Å². The predicted molar refractivity (Wildman–Crippen MR) is 126 cm³/mol. The molecule has 0 aliphatic carbocycles. The number of imide groups is 1. The highest BCUT2D eigenvalue weighted by Gasteiger charge is 2.37. The van der Waals surface area contributed by atoms with E-state index < -0.39 is 11.1 Å². The van der Waals surface area contributed by atoms with Gasteiger partial charge in [0.25, 0.3) is 11.1 Å². The third-order valence-corrected chi connectivity index (χ3v) is 7.68. The molecule has 2 fully saturated rings. The fourth-order valence-electron chi connectivity index (χ4n) is 3.93.